The number of carboxylic acid groups (broad SMARTS) is 1. The van der Waals surface area contributed by atoms with Crippen LogP contribution >= 0.6 is 0 Å². The Morgan fingerprint density at radius 3 is 2.45 bits per heavy atom. The van der Waals surface area contributed by atoms with Crippen LogP contribution in [-0.2, 0) is 19.0 Å². The zero-order valence-electron chi connectivity index (χ0n) is 11.8. The van der Waals surface area contributed by atoms with Crippen LogP contribution in [0.3, 0.4) is 0 Å². The van der Waals surface area contributed by atoms with Crippen LogP contribution in [0.25, 0.3) is 0 Å². The minimum Gasteiger partial charge on any atom is -0.481 e. The van der Waals surface area contributed by atoms with Gasteiger partial charge in [0.25, 0.3) is 0 Å². The van der Waals surface area contributed by atoms with E-state index in [0.29, 0.717) is 26.4 Å². The lowest BCUT2D eigenvalue weighted by atomic mass is 10.0. The molecule has 0 saturated heterocycles. The van der Waals surface area contributed by atoms with Crippen molar-refractivity contribution in [1.82, 2.24) is 0 Å². The fraction of sp³-hybridized carbons (Fsp3) is 0.533. The van der Waals surface area contributed by atoms with Crippen LogP contribution in [-0.4, -0.2) is 51.2 Å². The molecular formula is C15H22O5. The molecule has 0 aromatic heterocycles. The molecule has 1 unspecified atom stereocenters. The maximum atomic E-state index is 11.2. The van der Waals surface area contributed by atoms with E-state index in [-0.39, 0.29) is 6.61 Å². The summed E-state index contributed by atoms with van der Waals surface area (Å²) < 4.78 is 15.6. The molecule has 1 aromatic carbocycles. The van der Waals surface area contributed by atoms with E-state index < -0.39 is 11.9 Å². The van der Waals surface area contributed by atoms with Crippen molar-refractivity contribution in [2.24, 2.45) is 0 Å². The van der Waals surface area contributed by atoms with E-state index in [1.54, 1.807) is 19.2 Å². The number of rotatable bonds is 11. The molecule has 1 rings (SSSR count). The van der Waals surface area contributed by atoms with Gasteiger partial charge in [-0.05, 0) is 12.0 Å². The Morgan fingerprint density at radius 2 is 1.80 bits per heavy atom. The highest BCUT2D eigenvalue weighted by atomic mass is 16.5. The van der Waals surface area contributed by atoms with Crippen LogP contribution in [0.15, 0.2) is 30.3 Å². The SMILES string of the molecule is COCCOCCCOCC(C(=O)O)c1ccccc1. The molecule has 0 fully saturated rings. The van der Waals surface area contributed by atoms with E-state index in [9.17, 15) is 9.90 Å². The van der Waals surface area contributed by atoms with E-state index in [1.165, 1.54) is 0 Å². The van der Waals surface area contributed by atoms with E-state index >= 15 is 0 Å². The molecule has 0 aliphatic heterocycles. The Hall–Kier alpha value is -1.43. The Labute approximate surface area is 119 Å². The van der Waals surface area contributed by atoms with Gasteiger partial charge in [0.15, 0.2) is 0 Å². The first-order valence-corrected chi connectivity index (χ1v) is 6.68. The lowest BCUT2D eigenvalue weighted by Crippen LogP contribution is -2.18. The summed E-state index contributed by atoms with van der Waals surface area (Å²) in [5, 5.41) is 9.21. The molecule has 0 heterocycles. The fourth-order valence-corrected chi connectivity index (χ4v) is 1.70. The zero-order chi connectivity index (χ0) is 14.6. The third-order valence-electron chi connectivity index (χ3n) is 2.79. The average molecular weight is 282 g/mol. The summed E-state index contributed by atoms with van der Waals surface area (Å²) in [5.41, 5.74) is 0.761. The summed E-state index contributed by atoms with van der Waals surface area (Å²) >= 11 is 0. The van der Waals surface area contributed by atoms with Crippen LogP contribution in [0.4, 0.5) is 0 Å². The highest BCUT2D eigenvalue weighted by Gasteiger charge is 2.19. The van der Waals surface area contributed by atoms with Crippen molar-refractivity contribution < 1.29 is 24.1 Å². The van der Waals surface area contributed by atoms with E-state index in [1.807, 2.05) is 18.2 Å². The maximum absolute atomic E-state index is 11.2. The summed E-state index contributed by atoms with van der Waals surface area (Å²) in [4.78, 5) is 11.2. The molecule has 1 aromatic rings. The van der Waals surface area contributed by atoms with Crippen molar-refractivity contribution in [3.63, 3.8) is 0 Å². The molecule has 1 atom stereocenters. The van der Waals surface area contributed by atoms with Crippen LogP contribution in [0, 0.1) is 0 Å². The molecule has 0 radical (unpaired) electrons. The van der Waals surface area contributed by atoms with E-state index in [2.05, 4.69) is 0 Å². The molecule has 112 valence electrons. The van der Waals surface area contributed by atoms with Crippen LogP contribution in [0.5, 0.6) is 0 Å². The second-order valence-corrected chi connectivity index (χ2v) is 4.34. The van der Waals surface area contributed by atoms with Crippen LogP contribution in [0.2, 0.25) is 0 Å². The molecule has 0 saturated carbocycles. The summed E-state index contributed by atoms with van der Waals surface area (Å²) in [5.74, 6) is -1.49. The van der Waals surface area contributed by atoms with Gasteiger partial charge in [-0.1, -0.05) is 30.3 Å². The molecule has 0 bridgehead atoms. The highest BCUT2D eigenvalue weighted by Crippen LogP contribution is 2.16. The zero-order valence-corrected chi connectivity index (χ0v) is 11.8. The number of methoxy groups -OCH3 is 1. The first kappa shape index (κ1) is 16.6. The molecule has 0 spiro atoms. The first-order chi connectivity index (χ1) is 9.75. The van der Waals surface area contributed by atoms with Gasteiger partial charge >= 0.3 is 5.97 Å². The van der Waals surface area contributed by atoms with Gasteiger partial charge in [0.05, 0.1) is 19.8 Å². The standard InChI is InChI=1S/C15H22O5/c1-18-10-11-19-8-5-9-20-12-14(15(16)17)13-6-3-2-4-7-13/h2-4,6-7,14H,5,8-12H2,1H3,(H,16,17). The van der Waals surface area contributed by atoms with Crippen molar-refractivity contribution >= 4 is 5.97 Å². The third-order valence-corrected chi connectivity index (χ3v) is 2.79. The predicted molar refractivity (Wildman–Crippen MR) is 74.9 cm³/mol. The molecule has 0 amide bonds. The van der Waals surface area contributed by atoms with Gasteiger partial charge in [0, 0.05) is 20.3 Å². The monoisotopic (exact) mass is 282 g/mol. The molecule has 5 heteroatoms. The van der Waals surface area contributed by atoms with Gasteiger partial charge < -0.3 is 19.3 Å². The van der Waals surface area contributed by atoms with E-state index in [0.717, 1.165) is 12.0 Å². The number of hydrogen-bond acceptors (Lipinski definition) is 4. The molecule has 20 heavy (non-hydrogen) atoms. The first-order valence-electron chi connectivity index (χ1n) is 6.68. The van der Waals surface area contributed by atoms with Gasteiger partial charge in [0.1, 0.15) is 5.92 Å². The Kier molecular flexibility index (Phi) is 8.62. The maximum Gasteiger partial charge on any atom is 0.313 e. The van der Waals surface area contributed by atoms with Crippen molar-refractivity contribution in [3.05, 3.63) is 35.9 Å². The number of carbonyl (C=O) groups is 1. The fourth-order valence-electron chi connectivity index (χ4n) is 1.70. The Balaban J connectivity index is 2.19. The Bertz CT molecular complexity index is 366. The number of ether oxygens (including phenoxy) is 3. The molecule has 0 aliphatic rings. The molecule has 1 N–H and O–H groups in total. The van der Waals surface area contributed by atoms with Gasteiger partial charge in [-0.15, -0.1) is 0 Å². The van der Waals surface area contributed by atoms with Gasteiger partial charge in [-0.3, -0.25) is 4.79 Å². The highest BCUT2D eigenvalue weighted by molar-refractivity contribution is 5.76. The Morgan fingerprint density at radius 1 is 1.10 bits per heavy atom. The largest absolute Gasteiger partial charge is 0.481 e. The number of aliphatic carboxylic acids is 1. The minimum atomic E-state index is -0.868. The quantitative estimate of drug-likeness (QED) is 0.628. The van der Waals surface area contributed by atoms with E-state index in [4.69, 9.17) is 14.2 Å². The number of carboxylic acids is 1. The summed E-state index contributed by atoms with van der Waals surface area (Å²) in [6.45, 7) is 2.40. The molecule has 0 aliphatic carbocycles. The molecular weight excluding hydrogens is 260 g/mol. The van der Waals surface area contributed by atoms with Crippen LogP contribution in [0.1, 0.15) is 17.9 Å². The van der Waals surface area contributed by atoms with Crippen molar-refractivity contribution in [2.45, 2.75) is 12.3 Å². The van der Waals surface area contributed by atoms with Crippen molar-refractivity contribution in [2.75, 3.05) is 40.1 Å². The average Bonchev–Trinajstić information content (AvgIpc) is 2.46. The lowest BCUT2D eigenvalue weighted by Gasteiger charge is -2.13. The van der Waals surface area contributed by atoms with Gasteiger partial charge in [-0.25, -0.2) is 0 Å². The minimum absolute atomic E-state index is 0.178. The third kappa shape index (κ3) is 6.65. The predicted octanol–water partition coefficient (Wildman–Crippen LogP) is 1.92. The summed E-state index contributed by atoms with van der Waals surface area (Å²) in [6.07, 6.45) is 0.741. The van der Waals surface area contributed by atoms with Crippen LogP contribution < -0.4 is 0 Å². The van der Waals surface area contributed by atoms with Crippen molar-refractivity contribution in [3.8, 4) is 0 Å². The molecule has 5 nitrogen and oxygen atoms in total. The van der Waals surface area contributed by atoms with Gasteiger partial charge in [-0.2, -0.15) is 0 Å². The topological polar surface area (TPSA) is 65.0 Å². The number of hydrogen-bond donors (Lipinski definition) is 1. The number of benzene rings is 1. The normalized spacial score (nSPS) is 12.2. The lowest BCUT2D eigenvalue weighted by molar-refractivity contribution is -0.140. The second kappa shape index (κ2) is 10.4. The smallest absolute Gasteiger partial charge is 0.313 e. The van der Waals surface area contributed by atoms with Gasteiger partial charge in [0.2, 0.25) is 0 Å². The van der Waals surface area contributed by atoms with Crippen molar-refractivity contribution in [1.29, 1.82) is 0 Å². The summed E-state index contributed by atoms with van der Waals surface area (Å²) in [7, 11) is 1.63. The summed E-state index contributed by atoms with van der Waals surface area (Å²) in [6, 6.07) is 9.12. The second-order valence-electron chi connectivity index (χ2n) is 4.34.